The molecular weight excluding hydrogens is 394 g/mol. The second-order valence-corrected chi connectivity index (χ2v) is 7.61. The molecule has 0 amide bonds. The number of aliphatic carboxylic acids is 1. The van der Waals surface area contributed by atoms with Gasteiger partial charge in [-0.25, -0.2) is 9.97 Å². The summed E-state index contributed by atoms with van der Waals surface area (Å²) in [5, 5.41) is 9.01. The number of nitrogens with zero attached hydrogens (tertiary/aromatic N) is 3. The molecule has 160 valence electrons. The van der Waals surface area contributed by atoms with Crippen LogP contribution in [0, 0.1) is 13.8 Å². The highest BCUT2D eigenvalue weighted by atomic mass is 16.5. The molecule has 3 aromatic rings. The highest BCUT2D eigenvalue weighted by Crippen LogP contribution is 2.35. The average molecular weight is 419 g/mol. The van der Waals surface area contributed by atoms with Crippen LogP contribution in [-0.4, -0.2) is 32.6 Å². The van der Waals surface area contributed by atoms with E-state index in [1.165, 1.54) is 0 Å². The van der Waals surface area contributed by atoms with Crippen LogP contribution in [0.2, 0.25) is 0 Å². The molecule has 4 rings (SSSR count). The van der Waals surface area contributed by atoms with Crippen LogP contribution in [0.1, 0.15) is 47.5 Å². The third-order valence-electron chi connectivity index (χ3n) is 5.36. The van der Waals surface area contributed by atoms with Crippen LogP contribution >= 0.6 is 0 Å². The van der Waals surface area contributed by atoms with Crippen LogP contribution in [-0.2, 0) is 17.6 Å². The number of fused-ring (bicyclic) bond motifs is 1. The van der Waals surface area contributed by atoms with E-state index < -0.39 is 5.97 Å². The van der Waals surface area contributed by atoms with E-state index in [2.05, 4.69) is 21.0 Å². The van der Waals surface area contributed by atoms with Gasteiger partial charge in [0.2, 0.25) is 5.89 Å². The van der Waals surface area contributed by atoms with Crippen LogP contribution < -0.4 is 4.74 Å². The van der Waals surface area contributed by atoms with Crippen molar-refractivity contribution in [2.45, 2.75) is 46.0 Å². The molecule has 0 atom stereocenters. The Morgan fingerprint density at radius 3 is 2.84 bits per heavy atom. The highest BCUT2D eigenvalue weighted by Gasteiger charge is 2.18. The molecular formula is C24H25N3O4. The van der Waals surface area contributed by atoms with E-state index in [9.17, 15) is 4.79 Å². The summed E-state index contributed by atoms with van der Waals surface area (Å²) in [7, 11) is 0. The fourth-order valence-corrected chi connectivity index (χ4v) is 3.77. The number of aryl methyl sites for hydroxylation is 2. The molecule has 0 saturated carbocycles. The average Bonchev–Trinajstić information content (AvgIpc) is 3.13. The Bertz CT molecular complexity index is 1120. The van der Waals surface area contributed by atoms with Gasteiger partial charge in [0.15, 0.2) is 0 Å². The molecule has 1 aliphatic carbocycles. The van der Waals surface area contributed by atoms with Crippen LogP contribution in [0.3, 0.4) is 0 Å². The molecule has 2 heterocycles. The van der Waals surface area contributed by atoms with Gasteiger partial charge in [0.05, 0.1) is 24.2 Å². The van der Waals surface area contributed by atoms with Gasteiger partial charge < -0.3 is 14.3 Å². The number of oxazole rings is 1. The van der Waals surface area contributed by atoms with Gasteiger partial charge in [-0.15, -0.1) is 0 Å². The molecule has 2 aromatic heterocycles. The lowest BCUT2D eigenvalue weighted by atomic mass is 9.88. The fourth-order valence-electron chi connectivity index (χ4n) is 3.77. The highest BCUT2D eigenvalue weighted by molar-refractivity contribution is 5.76. The van der Waals surface area contributed by atoms with Gasteiger partial charge in [0.1, 0.15) is 17.2 Å². The van der Waals surface area contributed by atoms with Crippen molar-refractivity contribution < 1.29 is 19.1 Å². The maximum absolute atomic E-state index is 11.0. The van der Waals surface area contributed by atoms with Crippen LogP contribution in [0.4, 0.5) is 0 Å². The van der Waals surface area contributed by atoms with Gasteiger partial charge in [-0.2, -0.15) is 0 Å². The van der Waals surface area contributed by atoms with Crippen LogP contribution in [0.5, 0.6) is 5.75 Å². The zero-order chi connectivity index (χ0) is 21.8. The number of carbonyl (C=O) groups is 1. The van der Waals surface area contributed by atoms with Crippen molar-refractivity contribution in [1.82, 2.24) is 15.0 Å². The van der Waals surface area contributed by atoms with Gasteiger partial charge in [-0.05, 0) is 50.3 Å². The number of carboxylic acid groups (broad SMARTS) is 1. The molecule has 1 N–H and O–H groups in total. The lowest BCUT2D eigenvalue weighted by Crippen LogP contribution is -2.08. The summed E-state index contributed by atoms with van der Waals surface area (Å²) in [5.41, 5.74) is 5.63. The number of rotatable bonds is 8. The maximum Gasteiger partial charge on any atom is 0.303 e. The Morgan fingerprint density at radius 2 is 2.06 bits per heavy atom. The van der Waals surface area contributed by atoms with Gasteiger partial charge >= 0.3 is 5.97 Å². The zero-order valence-corrected chi connectivity index (χ0v) is 17.7. The zero-order valence-electron chi connectivity index (χ0n) is 17.7. The van der Waals surface area contributed by atoms with E-state index in [0.29, 0.717) is 31.0 Å². The summed E-state index contributed by atoms with van der Waals surface area (Å²) in [6, 6.07) is 5.98. The van der Waals surface area contributed by atoms with Crippen molar-refractivity contribution in [3.63, 3.8) is 0 Å². The molecule has 0 fully saturated rings. The van der Waals surface area contributed by atoms with E-state index in [1.54, 1.807) is 12.4 Å². The summed E-state index contributed by atoms with van der Waals surface area (Å²) < 4.78 is 11.9. The number of aromatic nitrogens is 3. The smallest absolute Gasteiger partial charge is 0.303 e. The number of benzene rings is 1. The van der Waals surface area contributed by atoms with Crippen molar-refractivity contribution in [3.05, 3.63) is 64.9 Å². The molecule has 7 nitrogen and oxygen atoms in total. The van der Waals surface area contributed by atoms with E-state index in [-0.39, 0.29) is 6.42 Å². The second-order valence-electron chi connectivity index (χ2n) is 7.61. The Hall–Kier alpha value is -3.48. The molecule has 1 aliphatic rings. The van der Waals surface area contributed by atoms with E-state index in [4.69, 9.17) is 14.3 Å². The minimum Gasteiger partial charge on any atom is -0.493 e. The normalized spacial score (nSPS) is 12.9. The Morgan fingerprint density at radius 1 is 1.19 bits per heavy atom. The quantitative estimate of drug-likeness (QED) is 0.571. The molecule has 7 heteroatoms. The molecule has 0 spiro atoms. The SMILES string of the molecule is Cc1cnc(-c2nc(CCOc3cccc4c3CCC=C4CCC(=O)O)c(C)o2)cn1. The molecule has 31 heavy (non-hydrogen) atoms. The lowest BCUT2D eigenvalue weighted by molar-refractivity contribution is -0.136. The summed E-state index contributed by atoms with van der Waals surface area (Å²) in [6.07, 6.45) is 8.56. The molecule has 0 aliphatic heterocycles. The third-order valence-corrected chi connectivity index (χ3v) is 5.36. The summed E-state index contributed by atoms with van der Waals surface area (Å²) >= 11 is 0. The first-order chi connectivity index (χ1) is 15.0. The Balaban J connectivity index is 1.43. The molecule has 0 unspecified atom stereocenters. The first-order valence-corrected chi connectivity index (χ1v) is 10.4. The molecule has 1 aromatic carbocycles. The van der Waals surface area contributed by atoms with E-state index in [0.717, 1.165) is 52.4 Å². The van der Waals surface area contributed by atoms with Gasteiger partial charge in [0.25, 0.3) is 0 Å². The summed E-state index contributed by atoms with van der Waals surface area (Å²) in [6.45, 7) is 4.24. The third kappa shape index (κ3) is 4.82. The number of ether oxygens (including phenoxy) is 1. The number of carboxylic acids is 1. The fraction of sp³-hybridized carbons (Fsp3) is 0.333. The Labute approximate surface area is 180 Å². The summed E-state index contributed by atoms with van der Waals surface area (Å²) in [4.78, 5) is 24.1. The van der Waals surface area contributed by atoms with Gasteiger partial charge in [-0.3, -0.25) is 9.78 Å². The predicted molar refractivity (Wildman–Crippen MR) is 116 cm³/mol. The second kappa shape index (κ2) is 9.12. The van der Waals surface area contributed by atoms with E-state index in [1.807, 2.05) is 32.0 Å². The van der Waals surface area contributed by atoms with Gasteiger partial charge in [-0.1, -0.05) is 18.2 Å². The minimum absolute atomic E-state index is 0.134. The van der Waals surface area contributed by atoms with Crippen molar-refractivity contribution in [2.24, 2.45) is 0 Å². The number of hydrogen-bond donors (Lipinski definition) is 1. The lowest BCUT2D eigenvalue weighted by Gasteiger charge is -2.20. The predicted octanol–water partition coefficient (Wildman–Crippen LogP) is 4.56. The first-order valence-electron chi connectivity index (χ1n) is 10.4. The minimum atomic E-state index is -0.778. The molecule has 0 bridgehead atoms. The largest absolute Gasteiger partial charge is 0.493 e. The molecule has 0 saturated heterocycles. The standard InChI is InChI=1S/C24H25N3O4/c1-15-13-26-21(14-25-15)24-27-20(16(2)31-24)11-12-30-22-8-4-6-18-17(9-10-23(28)29)5-3-7-19(18)22/h4-6,8,13-14H,3,7,9-12H2,1-2H3,(H,28,29). The topological polar surface area (TPSA) is 98.3 Å². The van der Waals surface area contributed by atoms with Crippen LogP contribution in [0.15, 0.2) is 41.1 Å². The van der Waals surface area contributed by atoms with Crippen molar-refractivity contribution in [1.29, 1.82) is 0 Å². The maximum atomic E-state index is 11.0. The van der Waals surface area contributed by atoms with Crippen molar-refractivity contribution in [3.8, 4) is 17.3 Å². The molecule has 0 radical (unpaired) electrons. The van der Waals surface area contributed by atoms with E-state index >= 15 is 0 Å². The van der Waals surface area contributed by atoms with Gasteiger partial charge in [0, 0.05) is 24.6 Å². The number of allylic oxidation sites excluding steroid dienone is 2. The number of hydrogen-bond acceptors (Lipinski definition) is 6. The first kappa shape index (κ1) is 20.8. The van der Waals surface area contributed by atoms with Crippen molar-refractivity contribution in [2.75, 3.05) is 6.61 Å². The van der Waals surface area contributed by atoms with Crippen molar-refractivity contribution >= 4 is 11.5 Å². The van der Waals surface area contributed by atoms with Crippen LogP contribution in [0.25, 0.3) is 17.2 Å². The summed E-state index contributed by atoms with van der Waals surface area (Å²) in [5.74, 6) is 1.28. The Kier molecular flexibility index (Phi) is 6.11. The monoisotopic (exact) mass is 419 g/mol.